The monoisotopic (exact) mass is 524 g/mol. The molecule has 0 fully saturated rings. The Balaban J connectivity index is 0.00000420. The lowest BCUT2D eigenvalue weighted by molar-refractivity contribution is -0.0520. The largest absolute Gasteiger partial charge is 0.490 e. The predicted octanol–water partition coefficient (Wildman–Crippen LogP) is 4.28. The van der Waals surface area contributed by atoms with Crippen LogP contribution in [0.15, 0.2) is 33.8 Å². The van der Waals surface area contributed by atoms with Gasteiger partial charge in [0, 0.05) is 25.2 Å². The van der Waals surface area contributed by atoms with E-state index in [9.17, 15) is 8.78 Å². The third-order valence-electron chi connectivity index (χ3n) is 3.84. The molecule has 2 rings (SSSR count). The van der Waals surface area contributed by atoms with Gasteiger partial charge in [-0.2, -0.15) is 8.78 Å². The van der Waals surface area contributed by atoms with Crippen LogP contribution in [0.4, 0.5) is 8.78 Å². The maximum atomic E-state index is 12.8. The standard InChI is InChI=1S/C19H26F2N4O3.HI/c1-5-26-16-8-6-7-13(17(16)27-18(20)21)10-23-19(22-4)24-11-14-9-15(12(2)3)25-28-14;/h6-9,12,18H,5,10-11H2,1-4H3,(H2,22,23,24);1H. The molecule has 0 radical (unpaired) electrons. The van der Waals surface area contributed by atoms with Gasteiger partial charge in [-0.25, -0.2) is 0 Å². The summed E-state index contributed by atoms with van der Waals surface area (Å²) in [4.78, 5) is 4.12. The molecule has 0 amide bonds. The second-order valence-corrected chi connectivity index (χ2v) is 6.21. The zero-order chi connectivity index (χ0) is 20.5. The van der Waals surface area contributed by atoms with Gasteiger partial charge >= 0.3 is 6.61 Å². The first-order valence-electron chi connectivity index (χ1n) is 9.04. The van der Waals surface area contributed by atoms with Crippen LogP contribution in [0.2, 0.25) is 0 Å². The van der Waals surface area contributed by atoms with Gasteiger partial charge in [-0.05, 0) is 18.9 Å². The number of aromatic nitrogens is 1. The molecule has 10 heteroatoms. The highest BCUT2D eigenvalue weighted by Crippen LogP contribution is 2.32. The number of aliphatic imine (C=N–C) groups is 1. The Bertz CT molecular complexity index is 785. The second kappa shape index (κ2) is 12.5. The molecule has 0 bridgehead atoms. The minimum absolute atomic E-state index is 0. The summed E-state index contributed by atoms with van der Waals surface area (Å²) in [6.07, 6.45) is 0. The van der Waals surface area contributed by atoms with E-state index in [-0.39, 0.29) is 47.9 Å². The van der Waals surface area contributed by atoms with E-state index in [1.165, 1.54) is 0 Å². The van der Waals surface area contributed by atoms with E-state index in [1.807, 2.05) is 19.9 Å². The zero-order valence-corrected chi connectivity index (χ0v) is 19.2. The molecule has 1 aromatic carbocycles. The fraction of sp³-hybridized carbons (Fsp3) is 0.474. The number of alkyl halides is 2. The van der Waals surface area contributed by atoms with E-state index >= 15 is 0 Å². The van der Waals surface area contributed by atoms with Crippen LogP contribution in [-0.4, -0.2) is 31.4 Å². The van der Waals surface area contributed by atoms with Gasteiger partial charge in [-0.1, -0.05) is 31.1 Å². The highest BCUT2D eigenvalue weighted by atomic mass is 127. The number of benzene rings is 1. The molecule has 1 aromatic heterocycles. The average molecular weight is 524 g/mol. The summed E-state index contributed by atoms with van der Waals surface area (Å²) in [5.74, 6) is 1.71. The number of halogens is 3. The van der Waals surface area contributed by atoms with Gasteiger partial charge in [0.2, 0.25) is 0 Å². The van der Waals surface area contributed by atoms with Gasteiger partial charge < -0.3 is 24.6 Å². The molecule has 7 nitrogen and oxygen atoms in total. The summed E-state index contributed by atoms with van der Waals surface area (Å²) < 4.78 is 40.9. The summed E-state index contributed by atoms with van der Waals surface area (Å²) in [7, 11) is 1.61. The molecule has 29 heavy (non-hydrogen) atoms. The molecule has 2 aromatic rings. The fourth-order valence-electron chi connectivity index (χ4n) is 2.45. The van der Waals surface area contributed by atoms with Crippen molar-refractivity contribution >= 4 is 29.9 Å². The van der Waals surface area contributed by atoms with E-state index in [0.717, 1.165) is 5.69 Å². The molecular formula is C19H27F2IN4O3. The van der Waals surface area contributed by atoms with Crippen LogP contribution < -0.4 is 20.1 Å². The Morgan fingerprint density at radius 2 is 1.97 bits per heavy atom. The Hall–Kier alpha value is -2.11. The van der Waals surface area contributed by atoms with E-state index in [0.29, 0.717) is 30.4 Å². The molecular weight excluding hydrogens is 497 g/mol. The second-order valence-electron chi connectivity index (χ2n) is 6.21. The minimum Gasteiger partial charge on any atom is -0.490 e. The predicted molar refractivity (Wildman–Crippen MR) is 117 cm³/mol. The van der Waals surface area contributed by atoms with Crippen molar-refractivity contribution in [3.63, 3.8) is 0 Å². The first kappa shape index (κ1) is 24.9. The van der Waals surface area contributed by atoms with Crippen molar-refractivity contribution < 1.29 is 22.8 Å². The smallest absolute Gasteiger partial charge is 0.387 e. The molecule has 0 aliphatic heterocycles. The van der Waals surface area contributed by atoms with Gasteiger partial charge in [-0.3, -0.25) is 4.99 Å². The number of hydrogen-bond donors (Lipinski definition) is 2. The highest BCUT2D eigenvalue weighted by molar-refractivity contribution is 14.0. The molecule has 0 aliphatic carbocycles. The maximum Gasteiger partial charge on any atom is 0.387 e. The lowest BCUT2D eigenvalue weighted by Crippen LogP contribution is -2.36. The molecule has 0 unspecified atom stereocenters. The number of nitrogens with zero attached hydrogens (tertiary/aromatic N) is 2. The number of nitrogens with one attached hydrogen (secondary N) is 2. The van der Waals surface area contributed by atoms with Gasteiger partial charge in [0.05, 0.1) is 18.8 Å². The minimum atomic E-state index is -2.95. The van der Waals surface area contributed by atoms with Crippen LogP contribution in [0.3, 0.4) is 0 Å². The van der Waals surface area contributed by atoms with Crippen LogP contribution >= 0.6 is 24.0 Å². The third-order valence-corrected chi connectivity index (χ3v) is 3.84. The Kier molecular flexibility index (Phi) is 10.7. The van der Waals surface area contributed by atoms with Gasteiger partial charge in [0.25, 0.3) is 0 Å². The Morgan fingerprint density at radius 3 is 2.55 bits per heavy atom. The molecule has 162 valence electrons. The van der Waals surface area contributed by atoms with Crippen molar-refractivity contribution in [2.24, 2.45) is 4.99 Å². The number of rotatable bonds is 9. The van der Waals surface area contributed by atoms with Crippen molar-refractivity contribution in [3.8, 4) is 11.5 Å². The van der Waals surface area contributed by atoms with Crippen molar-refractivity contribution in [2.45, 2.75) is 46.4 Å². The number of hydrogen-bond acceptors (Lipinski definition) is 5. The lowest BCUT2D eigenvalue weighted by Gasteiger charge is -2.17. The normalized spacial score (nSPS) is 11.4. The summed E-state index contributed by atoms with van der Waals surface area (Å²) in [5.41, 5.74) is 1.40. The lowest BCUT2D eigenvalue weighted by atomic mass is 10.1. The number of para-hydroxylation sites is 1. The quantitative estimate of drug-likeness (QED) is 0.290. The average Bonchev–Trinajstić information content (AvgIpc) is 3.13. The maximum absolute atomic E-state index is 12.8. The van der Waals surface area contributed by atoms with Crippen LogP contribution in [0.5, 0.6) is 11.5 Å². The van der Waals surface area contributed by atoms with Crippen LogP contribution in [0, 0.1) is 0 Å². The molecule has 0 aliphatic rings. The molecule has 1 heterocycles. The van der Waals surface area contributed by atoms with Crippen LogP contribution in [0.1, 0.15) is 43.7 Å². The van der Waals surface area contributed by atoms with E-state index < -0.39 is 6.61 Å². The topological polar surface area (TPSA) is 80.9 Å². The summed E-state index contributed by atoms with van der Waals surface area (Å²) in [5, 5.41) is 10.2. The third kappa shape index (κ3) is 7.67. The first-order chi connectivity index (χ1) is 13.4. The van der Waals surface area contributed by atoms with Crippen molar-refractivity contribution in [2.75, 3.05) is 13.7 Å². The van der Waals surface area contributed by atoms with E-state index in [1.54, 1.807) is 32.2 Å². The SMILES string of the molecule is CCOc1cccc(CNC(=NC)NCc2cc(C(C)C)no2)c1OC(F)F.I. The zero-order valence-electron chi connectivity index (χ0n) is 16.9. The number of ether oxygens (including phenoxy) is 2. The Morgan fingerprint density at radius 1 is 1.24 bits per heavy atom. The summed E-state index contributed by atoms with van der Waals surface area (Å²) in [6.45, 7) is 3.84. The summed E-state index contributed by atoms with van der Waals surface area (Å²) >= 11 is 0. The van der Waals surface area contributed by atoms with Gasteiger partial charge in [0.1, 0.15) is 0 Å². The Labute approximate surface area is 186 Å². The molecule has 0 atom stereocenters. The van der Waals surface area contributed by atoms with Crippen LogP contribution in [-0.2, 0) is 13.1 Å². The van der Waals surface area contributed by atoms with Gasteiger partial charge in [-0.15, -0.1) is 24.0 Å². The molecule has 0 spiro atoms. The van der Waals surface area contributed by atoms with Crippen molar-refractivity contribution in [3.05, 3.63) is 41.3 Å². The molecule has 0 saturated heterocycles. The fourth-order valence-corrected chi connectivity index (χ4v) is 2.45. The molecule has 2 N–H and O–H groups in total. The highest BCUT2D eigenvalue weighted by Gasteiger charge is 2.16. The summed E-state index contributed by atoms with van der Waals surface area (Å²) in [6, 6.07) is 6.88. The van der Waals surface area contributed by atoms with E-state index in [2.05, 4.69) is 25.5 Å². The molecule has 0 saturated carbocycles. The van der Waals surface area contributed by atoms with E-state index in [4.69, 9.17) is 9.26 Å². The van der Waals surface area contributed by atoms with Crippen LogP contribution in [0.25, 0.3) is 0 Å². The number of guanidine groups is 1. The van der Waals surface area contributed by atoms with Crippen molar-refractivity contribution in [1.29, 1.82) is 0 Å². The van der Waals surface area contributed by atoms with Crippen molar-refractivity contribution in [1.82, 2.24) is 15.8 Å². The first-order valence-corrected chi connectivity index (χ1v) is 9.04. The van der Waals surface area contributed by atoms with Gasteiger partial charge in [0.15, 0.2) is 23.2 Å².